The van der Waals surface area contributed by atoms with Gasteiger partial charge in [0.15, 0.2) is 0 Å². The van der Waals surface area contributed by atoms with Crippen molar-refractivity contribution < 1.29 is 13.2 Å². The molecular weight excluding hydrogens is 306 g/mol. The van der Waals surface area contributed by atoms with Crippen LogP contribution in [0, 0.1) is 5.92 Å². The molecule has 0 aromatic carbocycles. The van der Waals surface area contributed by atoms with Gasteiger partial charge in [-0.3, -0.25) is 9.48 Å². The topological polar surface area (TPSA) is 119 Å². The van der Waals surface area contributed by atoms with Crippen molar-refractivity contribution in [1.82, 2.24) is 19.8 Å². The standard InChI is InChI=1S/C13H23N5O3S/c1-18-9-11(7-15-18)22(20,21)16-8-13(19)17-12-5-3-2-4-10(12)6-14/h7,9-10,12,16H,2-6,8,14H2,1H3,(H,17,19). The van der Waals surface area contributed by atoms with Gasteiger partial charge >= 0.3 is 0 Å². The Kier molecular flexibility index (Phi) is 5.54. The van der Waals surface area contributed by atoms with Crippen molar-refractivity contribution in [2.75, 3.05) is 13.1 Å². The summed E-state index contributed by atoms with van der Waals surface area (Å²) in [7, 11) is -2.09. The lowest BCUT2D eigenvalue weighted by atomic mass is 9.84. The van der Waals surface area contributed by atoms with Gasteiger partial charge in [0, 0.05) is 19.3 Å². The fourth-order valence-corrected chi connectivity index (χ4v) is 3.68. The number of sulfonamides is 1. The largest absolute Gasteiger partial charge is 0.352 e. The number of hydrogen-bond acceptors (Lipinski definition) is 5. The number of rotatable bonds is 6. The van der Waals surface area contributed by atoms with E-state index in [1.807, 2.05) is 0 Å². The first kappa shape index (κ1) is 16.9. The number of carbonyl (C=O) groups is 1. The van der Waals surface area contributed by atoms with Crippen molar-refractivity contribution in [2.45, 2.75) is 36.6 Å². The third-order valence-electron chi connectivity index (χ3n) is 3.97. The summed E-state index contributed by atoms with van der Waals surface area (Å²) in [5, 5.41) is 6.69. The molecule has 1 fully saturated rings. The van der Waals surface area contributed by atoms with Crippen molar-refractivity contribution in [3.8, 4) is 0 Å². The van der Waals surface area contributed by atoms with E-state index in [9.17, 15) is 13.2 Å². The molecule has 1 aliphatic carbocycles. The zero-order valence-electron chi connectivity index (χ0n) is 12.7. The second kappa shape index (κ2) is 7.21. The van der Waals surface area contributed by atoms with E-state index in [1.165, 1.54) is 17.1 Å². The van der Waals surface area contributed by atoms with Crippen LogP contribution in [0.3, 0.4) is 0 Å². The fourth-order valence-electron chi connectivity index (χ4n) is 2.72. The van der Waals surface area contributed by atoms with Gasteiger partial charge < -0.3 is 11.1 Å². The Morgan fingerprint density at radius 2 is 2.18 bits per heavy atom. The first-order valence-corrected chi connectivity index (χ1v) is 8.88. The van der Waals surface area contributed by atoms with E-state index in [0.717, 1.165) is 25.7 Å². The summed E-state index contributed by atoms with van der Waals surface area (Å²) in [5.74, 6) is -0.0644. The average Bonchev–Trinajstić information content (AvgIpc) is 2.93. The van der Waals surface area contributed by atoms with Gasteiger partial charge in [-0.1, -0.05) is 12.8 Å². The average molecular weight is 329 g/mol. The minimum absolute atomic E-state index is 0.0362. The molecule has 9 heteroatoms. The van der Waals surface area contributed by atoms with E-state index < -0.39 is 10.0 Å². The molecule has 2 unspecified atom stereocenters. The van der Waals surface area contributed by atoms with Gasteiger partial charge in [0.1, 0.15) is 4.90 Å². The highest BCUT2D eigenvalue weighted by Gasteiger charge is 2.26. The van der Waals surface area contributed by atoms with Crippen molar-refractivity contribution >= 4 is 15.9 Å². The van der Waals surface area contributed by atoms with E-state index in [1.54, 1.807) is 7.05 Å². The van der Waals surface area contributed by atoms with Crippen molar-refractivity contribution in [1.29, 1.82) is 0 Å². The van der Waals surface area contributed by atoms with Crippen LogP contribution in [-0.4, -0.2) is 43.2 Å². The van der Waals surface area contributed by atoms with Gasteiger partial charge in [-0.15, -0.1) is 0 Å². The summed E-state index contributed by atoms with van der Waals surface area (Å²) in [6.07, 6.45) is 6.70. The third kappa shape index (κ3) is 4.28. The lowest BCUT2D eigenvalue weighted by molar-refractivity contribution is -0.121. The molecule has 1 aromatic heterocycles. The van der Waals surface area contributed by atoms with Gasteiger partial charge in [-0.25, -0.2) is 13.1 Å². The monoisotopic (exact) mass is 329 g/mol. The Morgan fingerprint density at radius 1 is 1.45 bits per heavy atom. The number of carbonyl (C=O) groups excluding carboxylic acids is 1. The SMILES string of the molecule is Cn1cc(S(=O)(=O)NCC(=O)NC2CCCCC2CN)cn1. The predicted molar refractivity (Wildman–Crippen MR) is 81.3 cm³/mol. The van der Waals surface area contributed by atoms with Crippen LogP contribution in [0.25, 0.3) is 0 Å². The van der Waals surface area contributed by atoms with Gasteiger partial charge in [-0.2, -0.15) is 5.10 Å². The number of hydrogen-bond donors (Lipinski definition) is 3. The molecule has 1 saturated carbocycles. The summed E-state index contributed by atoms with van der Waals surface area (Å²) in [4.78, 5) is 12.0. The molecule has 8 nitrogen and oxygen atoms in total. The minimum Gasteiger partial charge on any atom is -0.352 e. The van der Waals surface area contributed by atoms with Gasteiger partial charge in [0.2, 0.25) is 15.9 Å². The Labute approximate surface area is 130 Å². The lowest BCUT2D eigenvalue weighted by Crippen LogP contribution is -2.47. The zero-order valence-corrected chi connectivity index (χ0v) is 13.5. The van der Waals surface area contributed by atoms with Gasteiger partial charge in [-0.05, 0) is 25.3 Å². The molecule has 0 aliphatic heterocycles. The summed E-state index contributed by atoms with van der Waals surface area (Å²) < 4.78 is 27.7. The summed E-state index contributed by atoms with van der Waals surface area (Å²) in [5.41, 5.74) is 5.72. The van der Waals surface area contributed by atoms with Crippen LogP contribution < -0.4 is 15.8 Å². The van der Waals surface area contributed by atoms with Crippen LogP contribution in [0.4, 0.5) is 0 Å². The number of nitrogens with one attached hydrogen (secondary N) is 2. The molecule has 124 valence electrons. The molecule has 1 aromatic rings. The van der Waals surface area contributed by atoms with Crippen LogP contribution in [0.2, 0.25) is 0 Å². The molecule has 1 amide bonds. The summed E-state index contributed by atoms with van der Waals surface area (Å²) in [6.45, 7) is 0.247. The van der Waals surface area contributed by atoms with Gasteiger partial charge in [0.05, 0.1) is 12.7 Å². The van der Waals surface area contributed by atoms with Crippen molar-refractivity contribution in [2.24, 2.45) is 18.7 Å². The van der Waals surface area contributed by atoms with Crippen LogP contribution in [0.15, 0.2) is 17.3 Å². The Morgan fingerprint density at radius 3 is 2.82 bits per heavy atom. The van der Waals surface area contributed by atoms with E-state index >= 15 is 0 Å². The Hall–Kier alpha value is -1.45. The molecule has 0 radical (unpaired) electrons. The molecule has 4 N–H and O–H groups in total. The fraction of sp³-hybridized carbons (Fsp3) is 0.692. The van der Waals surface area contributed by atoms with Crippen molar-refractivity contribution in [3.05, 3.63) is 12.4 Å². The maximum absolute atomic E-state index is 12.0. The van der Waals surface area contributed by atoms with Crippen LogP contribution >= 0.6 is 0 Å². The van der Waals surface area contributed by atoms with Crippen molar-refractivity contribution in [3.63, 3.8) is 0 Å². The highest BCUT2D eigenvalue weighted by molar-refractivity contribution is 7.89. The van der Waals surface area contributed by atoms with E-state index in [-0.39, 0.29) is 29.3 Å². The zero-order chi connectivity index (χ0) is 16.2. The maximum atomic E-state index is 12.0. The highest BCUT2D eigenvalue weighted by Crippen LogP contribution is 2.23. The molecule has 0 spiro atoms. The predicted octanol–water partition coefficient (Wildman–Crippen LogP) is -0.668. The normalized spacial score (nSPS) is 22.5. The first-order valence-electron chi connectivity index (χ1n) is 7.40. The molecule has 0 saturated heterocycles. The summed E-state index contributed by atoms with van der Waals surface area (Å²) >= 11 is 0. The highest BCUT2D eigenvalue weighted by atomic mass is 32.2. The summed E-state index contributed by atoms with van der Waals surface area (Å²) in [6, 6.07) is 0.0362. The van der Waals surface area contributed by atoms with E-state index in [2.05, 4.69) is 15.1 Å². The van der Waals surface area contributed by atoms with Gasteiger partial charge in [0.25, 0.3) is 0 Å². The molecule has 1 heterocycles. The second-order valence-electron chi connectivity index (χ2n) is 5.63. The molecule has 0 bridgehead atoms. The first-order chi connectivity index (χ1) is 10.4. The van der Waals surface area contributed by atoms with Crippen LogP contribution in [-0.2, 0) is 21.9 Å². The number of aromatic nitrogens is 2. The minimum atomic E-state index is -3.71. The molecule has 22 heavy (non-hydrogen) atoms. The van der Waals surface area contributed by atoms with Crippen LogP contribution in [0.1, 0.15) is 25.7 Å². The Balaban J connectivity index is 1.87. The number of amides is 1. The van der Waals surface area contributed by atoms with Crippen LogP contribution in [0.5, 0.6) is 0 Å². The van der Waals surface area contributed by atoms with E-state index in [0.29, 0.717) is 6.54 Å². The number of nitrogens with two attached hydrogens (primary N) is 1. The van der Waals surface area contributed by atoms with E-state index in [4.69, 9.17) is 5.73 Å². The number of nitrogens with zero attached hydrogens (tertiary/aromatic N) is 2. The molecule has 2 atom stereocenters. The maximum Gasteiger partial charge on any atom is 0.244 e. The Bertz CT molecular complexity index is 613. The third-order valence-corrected chi connectivity index (χ3v) is 5.33. The number of aryl methyl sites for hydroxylation is 1. The molecule has 1 aliphatic rings. The smallest absolute Gasteiger partial charge is 0.244 e. The molecular formula is C13H23N5O3S. The molecule has 2 rings (SSSR count). The second-order valence-corrected chi connectivity index (χ2v) is 7.40. The quantitative estimate of drug-likeness (QED) is 0.639. The lowest BCUT2D eigenvalue weighted by Gasteiger charge is -2.31.